The van der Waals surface area contributed by atoms with Gasteiger partial charge in [-0.3, -0.25) is 0 Å². The summed E-state index contributed by atoms with van der Waals surface area (Å²) in [4.78, 5) is 0. The number of benzene rings is 1. The second-order valence-electron chi connectivity index (χ2n) is 5.57. The topological polar surface area (TPSA) is 0 Å². The van der Waals surface area contributed by atoms with Crippen LogP contribution in [0, 0.1) is 24.6 Å². The van der Waals surface area contributed by atoms with Crippen LogP contribution in [0.2, 0.25) is 0 Å². The SMILES string of the molecule is CCC(CC)C1CC(c2cc(C)cc(F)c2)C1. The molecule has 0 spiro atoms. The molecule has 0 atom stereocenters. The maximum atomic E-state index is 13.3. The average Bonchev–Trinajstić information content (AvgIpc) is 2.20. The molecular weight excluding hydrogens is 211 g/mol. The van der Waals surface area contributed by atoms with Crippen LogP contribution >= 0.6 is 0 Å². The highest BCUT2D eigenvalue weighted by molar-refractivity contribution is 5.28. The van der Waals surface area contributed by atoms with Gasteiger partial charge in [0.1, 0.15) is 5.82 Å². The molecule has 1 fully saturated rings. The zero-order valence-electron chi connectivity index (χ0n) is 11.2. The van der Waals surface area contributed by atoms with Crippen molar-refractivity contribution in [1.29, 1.82) is 0 Å². The van der Waals surface area contributed by atoms with Gasteiger partial charge >= 0.3 is 0 Å². The minimum absolute atomic E-state index is 0.0778. The molecule has 0 unspecified atom stereocenters. The summed E-state index contributed by atoms with van der Waals surface area (Å²) < 4.78 is 13.3. The first kappa shape index (κ1) is 12.6. The van der Waals surface area contributed by atoms with E-state index in [2.05, 4.69) is 19.9 Å². The van der Waals surface area contributed by atoms with Crippen molar-refractivity contribution in [3.63, 3.8) is 0 Å². The normalized spacial score (nSPS) is 23.8. The van der Waals surface area contributed by atoms with Crippen molar-refractivity contribution in [2.45, 2.75) is 52.4 Å². The average molecular weight is 234 g/mol. The Morgan fingerprint density at radius 3 is 2.35 bits per heavy atom. The van der Waals surface area contributed by atoms with Crippen molar-refractivity contribution < 1.29 is 4.39 Å². The van der Waals surface area contributed by atoms with Crippen LogP contribution in [0.3, 0.4) is 0 Å². The predicted molar refractivity (Wildman–Crippen MR) is 70.7 cm³/mol. The van der Waals surface area contributed by atoms with Crippen LogP contribution in [0.5, 0.6) is 0 Å². The summed E-state index contributed by atoms with van der Waals surface area (Å²) in [5, 5.41) is 0. The lowest BCUT2D eigenvalue weighted by atomic mass is 9.65. The number of hydrogen-bond donors (Lipinski definition) is 0. The van der Waals surface area contributed by atoms with Gasteiger partial charge in [-0.15, -0.1) is 0 Å². The summed E-state index contributed by atoms with van der Waals surface area (Å²) in [6, 6.07) is 5.48. The van der Waals surface area contributed by atoms with Crippen molar-refractivity contribution in [3.05, 3.63) is 35.1 Å². The van der Waals surface area contributed by atoms with Gasteiger partial charge in [0.15, 0.2) is 0 Å². The summed E-state index contributed by atoms with van der Waals surface area (Å²) in [6.07, 6.45) is 5.09. The van der Waals surface area contributed by atoms with Crippen LogP contribution in [0.25, 0.3) is 0 Å². The van der Waals surface area contributed by atoms with E-state index in [0.717, 1.165) is 17.4 Å². The van der Waals surface area contributed by atoms with Crippen LogP contribution in [-0.4, -0.2) is 0 Å². The van der Waals surface area contributed by atoms with Crippen molar-refractivity contribution in [3.8, 4) is 0 Å². The number of halogens is 1. The molecule has 1 aromatic carbocycles. The van der Waals surface area contributed by atoms with Gasteiger partial charge in [0.2, 0.25) is 0 Å². The quantitative estimate of drug-likeness (QED) is 0.682. The zero-order valence-corrected chi connectivity index (χ0v) is 11.2. The van der Waals surface area contributed by atoms with E-state index in [1.54, 1.807) is 12.1 Å². The Bertz CT molecular complexity index is 353. The summed E-state index contributed by atoms with van der Waals surface area (Å²) in [5.41, 5.74) is 2.26. The molecule has 1 aromatic rings. The maximum Gasteiger partial charge on any atom is 0.123 e. The Morgan fingerprint density at radius 2 is 1.82 bits per heavy atom. The Morgan fingerprint density at radius 1 is 1.18 bits per heavy atom. The molecule has 0 bridgehead atoms. The molecule has 1 heteroatoms. The fourth-order valence-corrected chi connectivity index (χ4v) is 3.27. The lowest BCUT2D eigenvalue weighted by Crippen LogP contribution is -2.28. The molecule has 0 amide bonds. The molecule has 17 heavy (non-hydrogen) atoms. The van der Waals surface area contributed by atoms with E-state index in [1.807, 2.05) is 6.92 Å². The zero-order chi connectivity index (χ0) is 12.4. The lowest BCUT2D eigenvalue weighted by Gasteiger charge is -2.40. The summed E-state index contributed by atoms with van der Waals surface area (Å²) in [7, 11) is 0. The Balaban J connectivity index is 1.99. The van der Waals surface area contributed by atoms with Crippen molar-refractivity contribution in [2.24, 2.45) is 11.8 Å². The van der Waals surface area contributed by atoms with Gasteiger partial charge in [-0.2, -0.15) is 0 Å². The third-order valence-corrected chi connectivity index (χ3v) is 4.43. The fraction of sp³-hybridized carbons (Fsp3) is 0.625. The Hall–Kier alpha value is -0.850. The fourth-order valence-electron chi connectivity index (χ4n) is 3.27. The predicted octanol–water partition coefficient (Wildman–Crippen LogP) is 5.06. The molecule has 94 valence electrons. The standard InChI is InChI=1S/C16H23F/c1-4-12(5-2)14-8-15(9-14)13-6-11(3)7-16(17)10-13/h6-7,10,12,14-15H,4-5,8-9H2,1-3H3. The summed E-state index contributed by atoms with van der Waals surface area (Å²) in [5.74, 6) is 2.28. The molecular formula is C16H23F. The van der Waals surface area contributed by atoms with Crippen LogP contribution < -0.4 is 0 Å². The van der Waals surface area contributed by atoms with Crippen LogP contribution in [-0.2, 0) is 0 Å². The molecule has 2 rings (SSSR count). The highest BCUT2D eigenvalue weighted by atomic mass is 19.1. The highest BCUT2D eigenvalue weighted by Gasteiger charge is 2.34. The summed E-state index contributed by atoms with van der Waals surface area (Å²) in [6.45, 7) is 6.55. The molecule has 0 nitrogen and oxygen atoms in total. The number of rotatable bonds is 4. The molecule has 1 aliphatic rings. The maximum absolute atomic E-state index is 13.3. The van der Waals surface area contributed by atoms with Gasteiger partial charge in [0, 0.05) is 0 Å². The van der Waals surface area contributed by atoms with Crippen LogP contribution in [0.1, 0.15) is 56.6 Å². The molecule has 0 radical (unpaired) electrons. The molecule has 0 aromatic heterocycles. The van der Waals surface area contributed by atoms with Crippen molar-refractivity contribution in [1.82, 2.24) is 0 Å². The molecule has 1 aliphatic carbocycles. The minimum Gasteiger partial charge on any atom is -0.207 e. The van der Waals surface area contributed by atoms with E-state index in [1.165, 1.54) is 31.2 Å². The molecule has 1 saturated carbocycles. The van der Waals surface area contributed by atoms with Gasteiger partial charge < -0.3 is 0 Å². The first-order valence-electron chi connectivity index (χ1n) is 6.91. The van der Waals surface area contributed by atoms with E-state index < -0.39 is 0 Å². The van der Waals surface area contributed by atoms with Gasteiger partial charge in [0.25, 0.3) is 0 Å². The van der Waals surface area contributed by atoms with E-state index in [4.69, 9.17) is 0 Å². The van der Waals surface area contributed by atoms with Crippen LogP contribution in [0.4, 0.5) is 4.39 Å². The van der Waals surface area contributed by atoms with Gasteiger partial charge in [-0.25, -0.2) is 4.39 Å². The van der Waals surface area contributed by atoms with E-state index in [0.29, 0.717) is 5.92 Å². The number of aryl methyl sites for hydroxylation is 1. The first-order valence-corrected chi connectivity index (χ1v) is 6.91. The molecule has 0 heterocycles. The first-order chi connectivity index (χ1) is 8.13. The Kier molecular flexibility index (Phi) is 3.86. The minimum atomic E-state index is -0.0778. The smallest absolute Gasteiger partial charge is 0.123 e. The van der Waals surface area contributed by atoms with Crippen LogP contribution in [0.15, 0.2) is 18.2 Å². The molecule has 0 N–H and O–H groups in total. The second-order valence-corrected chi connectivity index (χ2v) is 5.57. The van der Waals surface area contributed by atoms with E-state index in [-0.39, 0.29) is 5.82 Å². The van der Waals surface area contributed by atoms with Gasteiger partial charge in [-0.05, 0) is 60.8 Å². The summed E-state index contributed by atoms with van der Waals surface area (Å²) >= 11 is 0. The third kappa shape index (κ3) is 2.70. The van der Waals surface area contributed by atoms with E-state index in [9.17, 15) is 4.39 Å². The van der Waals surface area contributed by atoms with Crippen molar-refractivity contribution in [2.75, 3.05) is 0 Å². The highest BCUT2D eigenvalue weighted by Crippen LogP contribution is 2.47. The Labute approximate surface area is 104 Å². The molecule has 0 aliphatic heterocycles. The third-order valence-electron chi connectivity index (χ3n) is 4.43. The second kappa shape index (κ2) is 5.20. The lowest BCUT2D eigenvalue weighted by molar-refractivity contribution is 0.164. The molecule has 0 saturated heterocycles. The monoisotopic (exact) mass is 234 g/mol. The largest absolute Gasteiger partial charge is 0.207 e. The van der Waals surface area contributed by atoms with Gasteiger partial charge in [0.05, 0.1) is 0 Å². The van der Waals surface area contributed by atoms with E-state index >= 15 is 0 Å². The van der Waals surface area contributed by atoms with Gasteiger partial charge in [-0.1, -0.05) is 32.8 Å². The number of hydrogen-bond acceptors (Lipinski definition) is 0. The van der Waals surface area contributed by atoms with Crippen molar-refractivity contribution >= 4 is 0 Å².